The van der Waals surface area contributed by atoms with Gasteiger partial charge in [-0.2, -0.15) is 0 Å². The highest BCUT2D eigenvalue weighted by atomic mass is 16.7. The quantitative estimate of drug-likeness (QED) is 0.254. The summed E-state index contributed by atoms with van der Waals surface area (Å²) in [7, 11) is 0. The van der Waals surface area contributed by atoms with Crippen molar-refractivity contribution in [3.05, 3.63) is 45.5 Å². The van der Waals surface area contributed by atoms with Gasteiger partial charge in [0.1, 0.15) is 28.6 Å². The molecule has 11 heteroatoms. The summed E-state index contributed by atoms with van der Waals surface area (Å²) in [6.45, 7) is 11.7. The molecule has 1 fully saturated rings. The summed E-state index contributed by atoms with van der Waals surface area (Å²) in [5.41, 5.74) is 2.30. The Morgan fingerprint density at radius 3 is 1.73 bits per heavy atom. The fraction of sp³-hybridized carbons (Fsp3) is 0.433. The van der Waals surface area contributed by atoms with Crippen molar-refractivity contribution in [2.45, 2.75) is 79.8 Å². The van der Waals surface area contributed by atoms with Gasteiger partial charge in [0.05, 0.1) is 6.42 Å². The Labute approximate surface area is 237 Å². The molecule has 0 N–H and O–H groups in total. The first-order valence-corrected chi connectivity index (χ1v) is 13.3. The molecule has 1 saturated heterocycles. The Bertz CT molecular complexity index is 1380. The normalized spacial score (nSPS) is 15.1. The number of hydroxylamine groups is 2. The predicted octanol–water partition coefficient (Wildman–Crippen LogP) is 4.54. The summed E-state index contributed by atoms with van der Waals surface area (Å²) in [5.74, 6) is -1.52. The smallest absolute Gasteiger partial charge is 0.333 e. The highest BCUT2D eigenvalue weighted by molar-refractivity contribution is 6.01. The predicted molar refractivity (Wildman–Crippen MR) is 143 cm³/mol. The van der Waals surface area contributed by atoms with E-state index in [2.05, 4.69) is 0 Å². The first kappa shape index (κ1) is 29.7. The highest BCUT2D eigenvalue weighted by Gasteiger charge is 2.47. The molecule has 2 aliphatic heterocycles. The summed E-state index contributed by atoms with van der Waals surface area (Å²) < 4.78 is 24.0. The van der Waals surface area contributed by atoms with Gasteiger partial charge in [0.25, 0.3) is 11.8 Å². The van der Waals surface area contributed by atoms with Crippen LogP contribution in [0.5, 0.6) is 23.0 Å². The van der Waals surface area contributed by atoms with Crippen LogP contribution in [0.15, 0.2) is 12.1 Å². The van der Waals surface area contributed by atoms with E-state index in [1.165, 1.54) is 13.8 Å². The van der Waals surface area contributed by atoms with Crippen molar-refractivity contribution in [3.8, 4) is 23.0 Å². The lowest BCUT2D eigenvalue weighted by Crippen LogP contribution is -2.37. The molecule has 2 heterocycles. The number of amides is 2. The third-order valence-electron chi connectivity index (χ3n) is 7.13. The molecule has 2 aromatic rings. The van der Waals surface area contributed by atoms with E-state index in [0.29, 0.717) is 61.4 Å². The first-order chi connectivity index (χ1) is 19.3. The Kier molecular flexibility index (Phi) is 8.21. The standard InChI is InChI=1S/C30H33NO10/c1-8-37-30(12-11-25(36)41-31-23(34)9-10-24(31)35)21-13-15(2)26(38-19(6)32)17(4)28(21)40-29-18(5)27(39-20(7)33)16(3)14-22(29)30/h13-14H,8-12H2,1-7H3. The molecule has 0 aromatic heterocycles. The van der Waals surface area contributed by atoms with Crippen molar-refractivity contribution >= 4 is 29.7 Å². The zero-order valence-electron chi connectivity index (χ0n) is 24.2. The van der Waals surface area contributed by atoms with E-state index < -0.39 is 35.3 Å². The van der Waals surface area contributed by atoms with Gasteiger partial charge in [-0.05, 0) is 64.3 Å². The van der Waals surface area contributed by atoms with Gasteiger partial charge in [-0.15, -0.1) is 5.06 Å². The highest BCUT2D eigenvalue weighted by Crippen LogP contribution is 2.56. The molecule has 0 atom stereocenters. The van der Waals surface area contributed by atoms with Gasteiger partial charge in [-0.1, -0.05) is 0 Å². The number of imide groups is 1. The molecule has 2 aliphatic rings. The number of aryl methyl sites for hydroxylation is 2. The number of nitrogens with zero attached hydrogens (tertiary/aromatic N) is 1. The molecular formula is C30H33NO10. The second-order valence-corrected chi connectivity index (χ2v) is 10.1. The van der Waals surface area contributed by atoms with E-state index in [1.807, 2.05) is 6.92 Å². The minimum absolute atomic E-state index is 0.0144. The molecule has 2 aromatic carbocycles. The SMILES string of the molecule is CCOC1(CCC(=O)ON2C(=O)CCC2=O)c2cc(C)c(OC(C)=O)c(C)c2Oc2c1cc(C)c(OC(C)=O)c2C. The molecule has 11 nitrogen and oxygen atoms in total. The summed E-state index contributed by atoms with van der Waals surface area (Å²) in [6.07, 6.45) is -0.195. The van der Waals surface area contributed by atoms with Gasteiger partial charge in [0.15, 0.2) is 0 Å². The van der Waals surface area contributed by atoms with E-state index >= 15 is 0 Å². The van der Waals surface area contributed by atoms with Crippen molar-refractivity contribution in [3.63, 3.8) is 0 Å². The fourth-order valence-electron chi connectivity index (χ4n) is 5.44. The van der Waals surface area contributed by atoms with E-state index in [4.69, 9.17) is 23.8 Å². The van der Waals surface area contributed by atoms with Crippen molar-refractivity contribution in [2.24, 2.45) is 0 Å². The van der Waals surface area contributed by atoms with Crippen LogP contribution in [0.2, 0.25) is 0 Å². The fourth-order valence-corrected chi connectivity index (χ4v) is 5.44. The van der Waals surface area contributed by atoms with Crippen LogP contribution in [-0.4, -0.2) is 41.4 Å². The number of rotatable bonds is 8. The van der Waals surface area contributed by atoms with Crippen molar-refractivity contribution in [1.29, 1.82) is 0 Å². The van der Waals surface area contributed by atoms with Crippen LogP contribution in [0, 0.1) is 27.7 Å². The maximum atomic E-state index is 13.0. The van der Waals surface area contributed by atoms with Crippen molar-refractivity contribution in [2.75, 3.05) is 6.61 Å². The number of carbonyl (C=O) groups excluding carboxylic acids is 5. The molecule has 0 radical (unpaired) electrons. The molecule has 218 valence electrons. The number of carbonyl (C=O) groups is 5. The molecular weight excluding hydrogens is 534 g/mol. The molecule has 4 rings (SSSR count). The lowest BCUT2D eigenvalue weighted by atomic mass is 9.77. The Morgan fingerprint density at radius 1 is 0.854 bits per heavy atom. The number of fused-ring (bicyclic) bond motifs is 2. The summed E-state index contributed by atoms with van der Waals surface area (Å²) >= 11 is 0. The van der Waals surface area contributed by atoms with Gasteiger partial charge in [-0.25, -0.2) is 4.79 Å². The monoisotopic (exact) mass is 567 g/mol. The number of benzene rings is 2. The molecule has 41 heavy (non-hydrogen) atoms. The Hall–Kier alpha value is -4.25. The molecule has 2 amide bonds. The van der Waals surface area contributed by atoms with Crippen LogP contribution in [0.1, 0.15) is 79.8 Å². The van der Waals surface area contributed by atoms with Crippen molar-refractivity contribution < 1.29 is 47.8 Å². The minimum Gasteiger partial charge on any atom is -0.456 e. The molecule has 0 unspecified atom stereocenters. The lowest BCUT2D eigenvalue weighted by Gasteiger charge is -2.42. The van der Waals surface area contributed by atoms with Crippen LogP contribution in [-0.2, 0) is 39.1 Å². The first-order valence-electron chi connectivity index (χ1n) is 13.3. The topological polar surface area (TPSA) is 135 Å². The number of hydrogen-bond donors (Lipinski definition) is 0. The Morgan fingerprint density at radius 2 is 1.32 bits per heavy atom. The number of ether oxygens (including phenoxy) is 4. The minimum atomic E-state index is -1.26. The van der Waals surface area contributed by atoms with E-state index in [0.717, 1.165) is 0 Å². The van der Waals surface area contributed by atoms with Gasteiger partial charge in [-0.3, -0.25) is 19.2 Å². The van der Waals surface area contributed by atoms with Gasteiger partial charge in [0, 0.05) is 55.5 Å². The summed E-state index contributed by atoms with van der Waals surface area (Å²) in [4.78, 5) is 65.9. The maximum Gasteiger partial charge on any atom is 0.333 e. The summed E-state index contributed by atoms with van der Waals surface area (Å²) in [5, 5.41) is 0.515. The largest absolute Gasteiger partial charge is 0.456 e. The molecule has 0 aliphatic carbocycles. The lowest BCUT2D eigenvalue weighted by molar-refractivity contribution is -0.198. The van der Waals surface area contributed by atoms with Gasteiger partial charge < -0.3 is 23.8 Å². The van der Waals surface area contributed by atoms with Gasteiger partial charge >= 0.3 is 17.9 Å². The van der Waals surface area contributed by atoms with E-state index in [-0.39, 0.29) is 32.3 Å². The zero-order valence-corrected chi connectivity index (χ0v) is 24.2. The third-order valence-corrected chi connectivity index (χ3v) is 7.13. The van der Waals surface area contributed by atoms with Crippen LogP contribution in [0.25, 0.3) is 0 Å². The van der Waals surface area contributed by atoms with Crippen LogP contribution >= 0.6 is 0 Å². The number of esters is 2. The Balaban J connectivity index is 1.89. The second-order valence-electron chi connectivity index (χ2n) is 10.1. The molecule has 0 bridgehead atoms. The average Bonchev–Trinajstić information content (AvgIpc) is 3.21. The van der Waals surface area contributed by atoms with Crippen LogP contribution in [0.4, 0.5) is 0 Å². The molecule has 0 saturated carbocycles. The second kappa shape index (κ2) is 11.3. The van der Waals surface area contributed by atoms with Crippen LogP contribution in [0.3, 0.4) is 0 Å². The van der Waals surface area contributed by atoms with Crippen LogP contribution < -0.4 is 14.2 Å². The average molecular weight is 568 g/mol. The third kappa shape index (κ3) is 5.41. The van der Waals surface area contributed by atoms with E-state index in [1.54, 1.807) is 39.8 Å². The number of hydrogen-bond acceptors (Lipinski definition) is 10. The zero-order chi connectivity index (χ0) is 30.2. The van der Waals surface area contributed by atoms with Crippen molar-refractivity contribution in [1.82, 2.24) is 5.06 Å². The van der Waals surface area contributed by atoms with Gasteiger partial charge in [0.2, 0.25) is 0 Å². The summed E-state index contributed by atoms with van der Waals surface area (Å²) in [6, 6.07) is 3.59. The maximum absolute atomic E-state index is 13.0. The van der Waals surface area contributed by atoms with E-state index in [9.17, 15) is 24.0 Å². The molecule has 0 spiro atoms.